The molecule has 1 fully saturated rings. The molecule has 1 aliphatic carbocycles. The lowest BCUT2D eigenvalue weighted by Crippen LogP contribution is -2.23. The molecule has 0 saturated heterocycles. The van der Waals surface area contributed by atoms with Crippen molar-refractivity contribution < 1.29 is 4.92 Å². The Balaban J connectivity index is 1.54. The maximum absolute atomic E-state index is 11.1. The Morgan fingerprint density at radius 1 is 1.08 bits per heavy atom. The van der Waals surface area contributed by atoms with Crippen LogP contribution in [-0.2, 0) is 5.41 Å². The summed E-state index contributed by atoms with van der Waals surface area (Å²) in [6.07, 6.45) is 9.85. The smallest absolute Gasteiger partial charge is 0.269 e. The minimum absolute atomic E-state index is 0.0759. The minimum atomic E-state index is -0.377. The average Bonchev–Trinajstić information content (AvgIpc) is 3.36. The van der Waals surface area contributed by atoms with E-state index in [1.807, 2.05) is 16.3 Å². The average molecular weight is 502 g/mol. The van der Waals surface area contributed by atoms with Crippen molar-refractivity contribution in [3.63, 3.8) is 0 Å². The Morgan fingerprint density at radius 3 is 2.50 bits per heavy atom. The Hall–Kier alpha value is -3.52. The van der Waals surface area contributed by atoms with Gasteiger partial charge in [-0.1, -0.05) is 51.3 Å². The third-order valence-electron chi connectivity index (χ3n) is 7.28. The van der Waals surface area contributed by atoms with Crippen LogP contribution >= 0.6 is 11.3 Å². The third kappa shape index (κ3) is 4.53. The fourth-order valence-corrected chi connectivity index (χ4v) is 6.20. The van der Waals surface area contributed by atoms with Gasteiger partial charge in [-0.25, -0.2) is 4.68 Å². The van der Waals surface area contributed by atoms with E-state index >= 15 is 0 Å². The van der Waals surface area contributed by atoms with E-state index in [-0.39, 0.29) is 16.0 Å². The molecule has 0 amide bonds. The van der Waals surface area contributed by atoms with Gasteiger partial charge in [-0.2, -0.15) is 5.10 Å². The molecule has 0 unspecified atom stereocenters. The van der Waals surface area contributed by atoms with Crippen LogP contribution in [0, 0.1) is 10.1 Å². The highest BCUT2D eigenvalue weighted by Gasteiger charge is 2.37. The zero-order valence-electron chi connectivity index (χ0n) is 20.9. The summed E-state index contributed by atoms with van der Waals surface area (Å²) < 4.78 is 1.88. The standard InChI is InChI=1S/C28H31N5O2S/c1-28(2)23-11-7-8-12-24(23)31(3)26(28)17-18-29-32-25(20-13-15-22(16-14-20)33(34)35)19-36-27(32)30-21-9-5-4-6-10-21/h7-8,11-19,21H,4-6,9-10H2,1-3H3. The van der Waals surface area contributed by atoms with E-state index in [0.717, 1.165) is 28.9 Å². The number of para-hydroxylation sites is 1. The van der Waals surface area contributed by atoms with Crippen molar-refractivity contribution in [3.8, 4) is 11.3 Å². The van der Waals surface area contributed by atoms with Crippen molar-refractivity contribution in [2.75, 3.05) is 11.9 Å². The highest BCUT2D eigenvalue weighted by molar-refractivity contribution is 7.07. The van der Waals surface area contributed by atoms with Crippen molar-refractivity contribution in [2.45, 2.75) is 57.4 Å². The molecule has 186 valence electrons. The number of fused-ring (bicyclic) bond motifs is 1. The molecule has 2 heterocycles. The van der Waals surface area contributed by atoms with Crippen LogP contribution in [-0.4, -0.2) is 28.9 Å². The Labute approximate surface area is 215 Å². The van der Waals surface area contributed by atoms with Gasteiger partial charge in [-0.15, -0.1) is 11.3 Å². The monoisotopic (exact) mass is 501 g/mol. The summed E-state index contributed by atoms with van der Waals surface area (Å²) in [6, 6.07) is 15.4. The quantitative estimate of drug-likeness (QED) is 0.227. The van der Waals surface area contributed by atoms with Crippen molar-refractivity contribution in [3.05, 3.63) is 86.2 Å². The molecule has 1 saturated carbocycles. The van der Waals surface area contributed by atoms with E-state index in [9.17, 15) is 10.1 Å². The fourth-order valence-electron chi connectivity index (χ4n) is 5.29. The maximum Gasteiger partial charge on any atom is 0.269 e. The van der Waals surface area contributed by atoms with Gasteiger partial charge in [-0.3, -0.25) is 15.1 Å². The predicted molar refractivity (Wildman–Crippen MR) is 147 cm³/mol. The van der Waals surface area contributed by atoms with Crippen LogP contribution in [0.4, 0.5) is 11.4 Å². The molecule has 0 spiro atoms. The summed E-state index contributed by atoms with van der Waals surface area (Å²) in [4.78, 5) is 18.9. The van der Waals surface area contributed by atoms with Gasteiger partial charge in [0.1, 0.15) is 0 Å². The molecule has 5 rings (SSSR count). The van der Waals surface area contributed by atoms with Gasteiger partial charge in [-0.05, 0) is 42.7 Å². The van der Waals surface area contributed by atoms with Gasteiger partial charge in [0.2, 0.25) is 4.80 Å². The number of benzene rings is 2. The number of nitro groups is 1. The number of hydrogen-bond acceptors (Lipinski definition) is 6. The number of likely N-dealkylation sites (N-methyl/N-ethyl adjacent to an activating group) is 1. The van der Waals surface area contributed by atoms with Crippen LogP contribution in [0.2, 0.25) is 0 Å². The van der Waals surface area contributed by atoms with E-state index in [0.29, 0.717) is 6.04 Å². The number of allylic oxidation sites excluding steroid dienone is 2. The zero-order chi connectivity index (χ0) is 25.3. The van der Waals surface area contributed by atoms with Crippen molar-refractivity contribution in [1.29, 1.82) is 0 Å². The Kier molecular flexibility index (Phi) is 6.62. The SMILES string of the molecule is CN1C(=CC=Nn2c(-c3ccc([N+](=O)[O-])cc3)csc2=NC2CCCCC2)C(C)(C)c2ccccc21. The van der Waals surface area contributed by atoms with Gasteiger partial charge in [0.05, 0.1) is 16.7 Å². The van der Waals surface area contributed by atoms with Crippen LogP contribution in [0.3, 0.4) is 0 Å². The first-order valence-electron chi connectivity index (χ1n) is 12.4. The summed E-state index contributed by atoms with van der Waals surface area (Å²) >= 11 is 1.57. The van der Waals surface area contributed by atoms with Crippen molar-refractivity contribution in [2.24, 2.45) is 10.1 Å². The third-order valence-corrected chi connectivity index (χ3v) is 8.11. The van der Waals surface area contributed by atoms with Crippen molar-refractivity contribution in [1.82, 2.24) is 4.68 Å². The van der Waals surface area contributed by atoms with Gasteiger partial charge >= 0.3 is 0 Å². The lowest BCUT2D eigenvalue weighted by atomic mass is 9.84. The highest BCUT2D eigenvalue weighted by atomic mass is 32.1. The summed E-state index contributed by atoms with van der Waals surface area (Å²) in [5, 5.41) is 18.0. The second-order valence-electron chi connectivity index (χ2n) is 9.96. The maximum atomic E-state index is 11.1. The first-order valence-corrected chi connectivity index (χ1v) is 13.3. The van der Waals surface area contributed by atoms with Gasteiger partial charge < -0.3 is 4.90 Å². The molecule has 0 atom stereocenters. The second kappa shape index (κ2) is 9.85. The van der Waals surface area contributed by atoms with Crippen LogP contribution in [0.15, 0.2) is 75.8 Å². The Morgan fingerprint density at radius 2 is 1.81 bits per heavy atom. The summed E-state index contributed by atoms with van der Waals surface area (Å²) in [5.74, 6) is 0. The number of nitrogens with zero attached hydrogens (tertiary/aromatic N) is 5. The number of thiazole rings is 1. The van der Waals surface area contributed by atoms with Crippen molar-refractivity contribution >= 4 is 28.9 Å². The zero-order valence-corrected chi connectivity index (χ0v) is 21.7. The number of hydrogen-bond donors (Lipinski definition) is 0. The molecule has 7 nitrogen and oxygen atoms in total. The molecular weight excluding hydrogens is 470 g/mol. The molecule has 0 N–H and O–H groups in total. The first kappa shape index (κ1) is 24.2. The molecule has 2 aliphatic rings. The summed E-state index contributed by atoms with van der Waals surface area (Å²) in [5.41, 5.74) is 5.38. The highest BCUT2D eigenvalue weighted by Crippen LogP contribution is 2.46. The van der Waals surface area contributed by atoms with E-state index in [4.69, 9.17) is 10.1 Å². The molecule has 1 aromatic heterocycles. The molecule has 36 heavy (non-hydrogen) atoms. The lowest BCUT2D eigenvalue weighted by Gasteiger charge is -2.23. The normalized spacial score (nSPS) is 19.4. The number of rotatable bonds is 5. The molecule has 1 aliphatic heterocycles. The van der Waals surface area contributed by atoms with Gasteiger partial charge in [0, 0.05) is 53.1 Å². The van der Waals surface area contributed by atoms with E-state index in [2.05, 4.69) is 56.1 Å². The summed E-state index contributed by atoms with van der Waals surface area (Å²) in [7, 11) is 2.09. The van der Waals surface area contributed by atoms with Crippen LogP contribution in [0.5, 0.6) is 0 Å². The largest absolute Gasteiger partial charge is 0.347 e. The number of anilines is 1. The number of nitro benzene ring substituents is 1. The number of aromatic nitrogens is 1. The molecule has 8 heteroatoms. The molecule has 2 aromatic carbocycles. The predicted octanol–water partition coefficient (Wildman–Crippen LogP) is 6.50. The topological polar surface area (TPSA) is 76.0 Å². The molecule has 3 aromatic rings. The van der Waals surface area contributed by atoms with Crippen LogP contribution in [0.1, 0.15) is 51.5 Å². The molecular formula is C28H31N5O2S. The fraction of sp³-hybridized carbons (Fsp3) is 0.357. The molecule has 0 radical (unpaired) electrons. The van der Waals surface area contributed by atoms with Gasteiger partial charge in [0.15, 0.2) is 0 Å². The lowest BCUT2D eigenvalue weighted by molar-refractivity contribution is -0.384. The van der Waals surface area contributed by atoms with E-state index < -0.39 is 0 Å². The minimum Gasteiger partial charge on any atom is -0.347 e. The van der Waals surface area contributed by atoms with Crippen LogP contribution < -0.4 is 9.70 Å². The first-order chi connectivity index (χ1) is 17.4. The van der Waals surface area contributed by atoms with Gasteiger partial charge in [0.25, 0.3) is 5.69 Å². The molecule has 0 bridgehead atoms. The van der Waals surface area contributed by atoms with E-state index in [1.54, 1.807) is 23.5 Å². The second-order valence-corrected chi connectivity index (χ2v) is 10.8. The summed E-state index contributed by atoms with van der Waals surface area (Å²) in [6.45, 7) is 4.47. The number of non-ortho nitro benzene ring substituents is 1. The van der Waals surface area contributed by atoms with Crippen LogP contribution in [0.25, 0.3) is 11.3 Å². The Bertz CT molecular complexity index is 1390. The van der Waals surface area contributed by atoms with E-state index in [1.165, 1.54) is 48.3 Å².